The highest BCUT2D eigenvalue weighted by Crippen LogP contribution is 2.23. The van der Waals surface area contributed by atoms with Gasteiger partial charge in [-0.3, -0.25) is 0 Å². The average molecular weight is 282 g/mol. The SMILES string of the molecule is Cc1cc(F)cc(O)c1C(=O)OCCCCCC(C)C. The fourth-order valence-electron chi connectivity index (χ4n) is 2.06. The molecule has 0 aliphatic rings. The molecule has 0 aliphatic heterocycles. The molecule has 0 saturated carbocycles. The van der Waals surface area contributed by atoms with E-state index in [2.05, 4.69) is 13.8 Å². The first-order chi connectivity index (χ1) is 9.41. The molecule has 4 heteroatoms. The number of phenolic OH excluding ortho intramolecular Hbond substituents is 1. The molecular formula is C16H23FO3. The van der Waals surface area contributed by atoms with Gasteiger partial charge in [-0.1, -0.05) is 33.1 Å². The normalized spacial score (nSPS) is 10.8. The number of esters is 1. The summed E-state index contributed by atoms with van der Waals surface area (Å²) in [5.74, 6) is -0.835. The minimum atomic E-state index is -0.594. The number of carbonyl (C=O) groups is 1. The summed E-state index contributed by atoms with van der Waals surface area (Å²) in [7, 11) is 0. The van der Waals surface area contributed by atoms with Gasteiger partial charge in [0.15, 0.2) is 0 Å². The lowest BCUT2D eigenvalue weighted by molar-refractivity contribution is 0.0493. The molecule has 0 aromatic heterocycles. The molecule has 0 radical (unpaired) electrons. The van der Waals surface area contributed by atoms with Crippen LogP contribution < -0.4 is 0 Å². The molecule has 3 nitrogen and oxygen atoms in total. The predicted molar refractivity (Wildman–Crippen MR) is 76.4 cm³/mol. The van der Waals surface area contributed by atoms with Gasteiger partial charge in [0.05, 0.1) is 6.61 Å². The van der Waals surface area contributed by atoms with Crippen LogP contribution in [0, 0.1) is 18.7 Å². The molecule has 112 valence electrons. The summed E-state index contributed by atoms with van der Waals surface area (Å²) < 4.78 is 18.1. The Balaban J connectivity index is 2.40. The number of ether oxygens (including phenoxy) is 1. The summed E-state index contributed by atoms with van der Waals surface area (Å²) in [6, 6.07) is 2.13. The lowest BCUT2D eigenvalue weighted by atomic mass is 10.1. The third-order valence-electron chi connectivity index (χ3n) is 3.14. The molecule has 0 atom stereocenters. The van der Waals surface area contributed by atoms with E-state index in [0.717, 1.165) is 25.3 Å². The van der Waals surface area contributed by atoms with E-state index >= 15 is 0 Å². The number of halogens is 1. The van der Waals surface area contributed by atoms with Crippen LogP contribution in [-0.2, 0) is 4.74 Å². The zero-order chi connectivity index (χ0) is 15.1. The molecule has 1 N–H and O–H groups in total. The smallest absolute Gasteiger partial charge is 0.342 e. The van der Waals surface area contributed by atoms with Gasteiger partial charge in [-0.2, -0.15) is 0 Å². The van der Waals surface area contributed by atoms with Crippen molar-refractivity contribution in [3.05, 3.63) is 29.1 Å². The van der Waals surface area contributed by atoms with E-state index < -0.39 is 11.8 Å². The summed E-state index contributed by atoms with van der Waals surface area (Å²) in [4.78, 5) is 11.8. The largest absolute Gasteiger partial charge is 0.507 e. The summed E-state index contributed by atoms with van der Waals surface area (Å²) >= 11 is 0. The van der Waals surface area contributed by atoms with Crippen LogP contribution in [-0.4, -0.2) is 17.7 Å². The van der Waals surface area contributed by atoms with E-state index in [1.807, 2.05) is 0 Å². The van der Waals surface area contributed by atoms with Gasteiger partial charge in [-0.25, -0.2) is 9.18 Å². The summed E-state index contributed by atoms with van der Waals surface area (Å²) in [5, 5.41) is 9.60. The highest BCUT2D eigenvalue weighted by Gasteiger charge is 2.16. The Morgan fingerprint density at radius 2 is 2.00 bits per heavy atom. The second kappa shape index (κ2) is 7.88. The second-order valence-electron chi connectivity index (χ2n) is 5.50. The topological polar surface area (TPSA) is 46.5 Å². The van der Waals surface area contributed by atoms with Crippen LogP contribution in [0.15, 0.2) is 12.1 Å². The maximum Gasteiger partial charge on any atom is 0.342 e. The van der Waals surface area contributed by atoms with Crippen LogP contribution in [0.5, 0.6) is 5.75 Å². The Morgan fingerprint density at radius 3 is 2.60 bits per heavy atom. The lowest BCUT2D eigenvalue weighted by Gasteiger charge is -2.09. The van der Waals surface area contributed by atoms with Gasteiger partial charge in [0, 0.05) is 6.07 Å². The molecule has 0 spiro atoms. The standard InChI is InChI=1S/C16H23FO3/c1-11(2)7-5-4-6-8-20-16(19)15-12(3)9-13(17)10-14(15)18/h9-11,18H,4-8H2,1-3H3. The van der Waals surface area contributed by atoms with Gasteiger partial charge in [0.2, 0.25) is 0 Å². The second-order valence-corrected chi connectivity index (χ2v) is 5.50. The van der Waals surface area contributed by atoms with Crippen molar-refractivity contribution in [2.45, 2.75) is 46.5 Å². The van der Waals surface area contributed by atoms with Crippen molar-refractivity contribution < 1.29 is 19.0 Å². The van der Waals surface area contributed by atoms with Crippen molar-refractivity contribution in [1.29, 1.82) is 0 Å². The van der Waals surface area contributed by atoms with Crippen molar-refractivity contribution >= 4 is 5.97 Å². The number of hydrogen-bond acceptors (Lipinski definition) is 3. The Hall–Kier alpha value is -1.58. The maximum atomic E-state index is 13.0. The van der Waals surface area contributed by atoms with Crippen molar-refractivity contribution in [3.8, 4) is 5.75 Å². The van der Waals surface area contributed by atoms with E-state index in [1.54, 1.807) is 6.92 Å². The minimum absolute atomic E-state index is 0.0496. The van der Waals surface area contributed by atoms with Gasteiger partial charge >= 0.3 is 5.97 Å². The Labute approximate surface area is 119 Å². The Bertz CT molecular complexity index is 432. The zero-order valence-electron chi connectivity index (χ0n) is 12.4. The molecule has 0 heterocycles. The van der Waals surface area contributed by atoms with Crippen LogP contribution in [0.1, 0.15) is 55.5 Å². The van der Waals surface area contributed by atoms with Crippen molar-refractivity contribution in [2.75, 3.05) is 6.61 Å². The molecule has 0 aliphatic carbocycles. The van der Waals surface area contributed by atoms with E-state index in [4.69, 9.17) is 4.74 Å². The number of phenols is 1. The van der Waals surface area contributed by atoms with E-state index in [-0.39, 0.29) is 11.3 Å². The highest BCUT2D eigenvalue weighted by molar-refractivity contribution is 5.94. The first-order valence-corrected chi connectivity index (χ1v) is 7.08. The van der Waals surface area contributed by atoms with Crippen molar-refractivity contribution in [3.63, 3.8) is 0 Å². The van der Waals surface area contributed by atoms with Crippen LogP contribution in [0.2, 0.25) is 0 Å². The quantitative estimate of drug-likeness (QED) is 0.602. The molecule has 1 aromatic rings. The van der Waals surface area contributed by atoms with Crippen LogP contribution >= 0.6 is 0 Å². The third kappa shape index (κ3) is 5.19. The molecular weight excluding hydrogens is 259 g/mol. The first-order valence-electron chi connectivity index (χ1n) is 7.08. The molecule has 1 rings (SSSR count). The average Bonchev–Trinajstić information content (AvgIpc) is 2.31. The number of aryl methyl sites for hydroxylation is 1. The maximum absolute atomic E-state index is 13.0. The molecule has 0 fully saturated rings. The summed E-state index contributed by atoms with van der Waals surface area (Å²) in [6.07, 6.45) is 4.11. The molecule has 0 saturated heterocycles. The fourth-order valence-corrected chi connectivity index (χ4v) is 2.06. The molecule has 0 unspecified atom stereocenters. The molecule has 0 bridgehead atoms. The monoisotopic (exact) mass is 282 g/mol. The van der Waals surface area contributed by atoms with Crippen LogP contribution in [0.4, 0.5) is 4.39 Å². The fraction of sp³-hybridized carbons (Fsp3) is 0.562. The lowest BCUT2D eigenvalue weighted by Crippen LogP contribution is -2.09. The number of hydrogen-bond donors (Lipinski definition) is 1. The van der Waals surface area contributed by atoms with Gasteiger partial charge in [0.25, 0.3) is 0 Å². The van der Waals surface area contributed by atoms with Gasteiger partial charge < -0.3 is 9.84 Å². The number of rotatable bonds is 7. The van der Waals surface area contributed by atoms with Crippen molar-refractivity contribution in [1.82, 2.24) is 0 Å². The molecule has 20 heavy (non-hydrogen) atoms. The third-order valence-corrected chi connectivity index (χ3v) is 3.14. The van der Waals surface area contributed by atoms with Gasteiger partial charge in [0.1, 0.15) is 17.1 Å². The number of aromatic hydroxyl groups is 1. The van der Waals surface area contributed by atoms with Crippen LogP contribution in [0.25, 0.3) is 0 Å². The van der Waals surface area contributed by atoms with E-state index in [1.165, 1.54) is 12.5 Å². The molecule has 0 amide bonds. The van der Waals surface area contributed by atoms with E-state index in [9.17, 15) is 14.3 Å². The zero-order valence-corrected chi connectivity index (χ0v) is 12.4. The number of unbranched alkanes of at least 4 members (excludes halogenated alkanes) is 2. The summed E-state index contributed by atoms with van der Waals surface area (Å²) in [6.45, 7) is 6.26. The van der Waals surface area contributed by atoms with Gasteiger partial charge in [-0.05, 0) is 30.9 Å². The number of carbonyl (C=O) groups excluding carboxylic acids is 1. The number of benzene rings is 1. The highest BCUT2D eigenvalue weighted by atomic mass is 19.1. The van der Waals surface area contributed by atoms with Crippen LogP contribution in [0.3, 0.4) is 0 Å². The first kappa shape index (κ1) is 16.5. The Kier molecular flexibility index (Phi) is 6.49. The minimum Gasteiger partial charge on any atom is -0.507 e. The predicted octanol–water partition coefficient (Wildman–Crippen LogP) is 4.21. The molecule has 1 aromatic carbocycles. The Morgan fingerprint density at radius 1 is 1.30 bits per heavy atom. The summed E-state index contributed by atoms with van der Waals surface area (Å²) in [5.41, 5.74) is 0.431. The van der Waals surface area contributed by atoms with E-state index in [0.29, 0.717) is 18.1 Å². The van der Waals surface area contributed by atoms with Crippen molar-refractivity contribution in [2.24, 2.45) is 5.92 Å². The van der Waals surface area contributed by atoms with Gasteiger partial charge in [-0.15, -0.1) is 0 Å².